The van der Waals surface area contributed by atoms with Crippen LogP contribution in [0.25, 0.3) is 10.9 Å². The van der Waals surface area contributed by atoms with Crippen molar-refractivity contribution in [1.29, 1.82) is 0 Å². The summed E-state index contributed by atoms with van der Waals surface area (Å²) in [6, 6.07) is 4.85. The molecule has 1 aromatic carbocycles. The number of hydrogen-bond donors (Lipinski definition) is 4. The number of H-pyrrole nitrogens is 1. The van der Waals surface area contributed by atoms with E-state index < -0.39 is 25.0 Å². The van der Waals surface area contributed by atoms with Gasteiger partial charge in [-0.25, -0.2) is 8.78 Å². The van der Waals surface area contributed by atoms with E-state index in [2.05, 4.69) is 15.5 Å². The first-order valence-electron chi connectivity index (χ1n) is 5.47. The number of aromatic nitrogens is 2. The molecule has 1 heterocycles. The number of fused-ring (bicyclic) bond motifs is 1. The second kappa shape index (κ2) is 5.19. The molecule has 1 atom stereocenters. The van der Waals surface area contributed by atoms with Crippen LogP contribution in [0.5, 0.6) is 0 Å². The van der Waals surface area contributed by atoms with Gasteiger partial charge in [-0.1, -0.05) is 0 Å². The zero-order chi connectivity index (χ0) is 14.0. The van der Waals surface area contributed by atoms with E-state index in [9.17, 15) is 13.6 Å². The largest absolute Gasteiger partial charge is 0.399 e. The molecule has 1 aromatic heterocycles. The van der Waals surface area contributed by atoms with E-state index in [1.165, 1.54) is 0 Å². The highest BCUT2D eigenvalue weighted by atomic mass is 19.3. The van der Waals surface area contributed by atoms with Crippen molar-refractivity contribution in [2.45, 2.75) is 12.5 Å². The molecule has 2 aromatic rings. The number of nitrogen functional groups attached to an aromatic ring is 1. The number of nitrogens with one attached hydrogen (secondary N) is 2. The van der Waals surface area contributed by atoms with Crippen LogP contribution in [0.4, 0.5) is 14.5 Å². The van der Waals surface area contributed by atoms with Crippen LogP contribution >= 0.6 is 0 Å². The molecular weight excluding hydrogens is 258 g/mol. The number of nitrogens with two attached hydrogens (primary N) is 1. The number of alkyl halides is 2. The van der Waals surface area contributed by atoms with Crippen molar-refractivity contribution in [3.8, 4) is 0 Å². The Kier molecular flexibility index (Phi) is 3.61. The molecule has 0 saturated carbocycles. The van der Waals surface area contributed by atoms with E-state index in [1.807, 2.05) is 0 Å². The molecule has 1 unspecified atom stereocenters. The Balaban J connectivity index is 2.15. The highest BCUT2D eigenvalue weighted by molar-refractivity contribution is 6.05. The third-order valence-corrected chi connectivity index (χ3v) is 2.56. The van der Waals surface area contributed by atoms with Crippen LogP contribution in [0.1, 0.15) is 10.5 Å². The summed E-state index contributed by atoms with van der Waals surface area (Å²) >= 11 is 0. The summed E-state index contributed by atoms with van der Waals surface area (Å²) in [5.74, 6) is -0.656. The number of halogens is 2. The zero-order valence-electron chi connectivity index (χ0n) is 9.73. The average Bonchev–Trinajstić information content (AvgIpc) is 2.78. The lowest BCUT2D eigenvalue weighted by atomic mass is 10.2. The second-order valence-corrected chi connectivity index (χ2v) is 3.99. The van der Waals surface area contributed by atoms with Crippen LogP contribution in [0, 0.1) is 0 Å². The highest BCUT2D eigenvalue weighted by Crippen LogP contribution is 2.18. The van der Waals surface area contributed by atoms with Crippen molar-refractivity contribution in [3.63, 3.8) is 0 Å². The Morgan fingerprint density at radius 1 is 1.53 bits per heavy atom. The normalized spacial score (nSPS) is 12.8. The second-order valence-electron chi connectivity index (χ2n) is 3.99. The third kappa shape index (κ3) is 2.79. The molecule has 0 aliphatic rings. The average molecular weight is 270 g/mol. The summed E-state index contributed by atoms with van der Waals surface area (Å²) < 4.78 is 24.2. The van der Waals surface area contributed by atoms with Crippen LogP contribution in [0.2, 0.25) is 0 Å². The summed E-state index contributed by atoms with van der Waals surface area (Å²) in [5, 5.41) is 18.0. The minimum atomic E-state index is -2.91. The Hall–Kier alpha value is -2.22. The Bertz CT molecular complexity index is 599. The first-order chi connectivity index (χ1) is 8.99. The topological polar surface area (TPSA) is 104 Å². The molecule has 102 valence electrons. The fourth-order valence-electron chi connectivity index (χ4n) is 1.57. The Morgan fingerprint density at radius 2 is 2.26 bits per heavy atom. The molecule has 19 heavy (non-hydrogen) atoms. The number of aliphatic hydroxyl groups is 1. The molecule has 0 spiro atoms. The van der Waals surface area contributed by atoms with Gasteiger partial charge in [-0.3, -0.25) is 9.89 Å². The predicted octanol–water partition coefficient (Wildman–Crippen LogP) is 0.501. The van der Waals surface area contributed by atoms with Gasteiger partial charge in [0.15, 0.2) is 5.69 Å². The van der Waals surface area contributed by atoms with E-state index in [4.69, 9.17) is 10.8 Å². The van der Waals surface area contributed by atoms with Gasteiger partial charge in [0, 0.05) is 17.6 Å². The number of carbonyl (C=O) groups is 1. The van der Waals surface area contributed by atoms with Crippen LogP contribution in [0.3, 0.4) is 0 Å². The maximum Gasteiger partial charge on any atom is 0.272 e. The first kappa shape index (κ1) is 13.2. The fourth-order valence-corrected chi connectivity index (χ4v) is 1.57. The van der Waals surface area contributed by atoms with Crippen molar-refractivity contribution < 1.29 is 18.7 Å². The number of carbonyl (C=O) groups excluding carboxylic acids is 1. The SMILES string of the molecule is Nc1ccc2[nH]nc(C(=O)NCC(O)C(F)F)c2c1. The van der Waals surface area contributed by atoms with Gasteiger partial charge >= 0.3 is 0 Å². The number of benzene rings is 1. The minimum Gasteiger partial charge on any atom is -0.399 e. The lowest BCUT2D eigenvalue weighted by Crippen LogP contribution is -2.36. The van der Waals surface area contributed by atoms with Crippen LogP contribution < -0.4 is 11.1 Å². The quantitative estimate of drug-likeness (QED) is 0.607. The van der Waals surface area contributed by atoms with Gasteiger partial charge < -0.3 is 16.2 Å². The van der Waals surface area contributed by atoms with E-state index in [0.29, 0.717) is 16.6 Å². The van der Waals surface area contributed by atoms with Gasteiger partial charge in [0.25, 0.3) is 12.3 Å². The van der Waals surface area contributed by atoms with Crippen molar-refractivity contribution >= 4 is 22.5 Å². The summed E-state index contributed by atoms with van der Waals surface area (Å²) in [5.41, 5.74) is 6.71. The Labute approximate surface area is 106 Å². The van der Waals surface area contributed by atoms with Gasteiger partial charge in [0.2, 0.25) is 0 Å². The summed E-state index contributed by atoms with van der Waals surface area (Å²) in [6.45, 7) is -0.548. The molecule has 0 aliphatic heterocycles. The maximum atomic E-state index is 12.1. The fraction of sp³-hybridized carbons (Fsp3) is 0.273. The lowest BCUT2D eigenvalue weighted by Gasteiger charge is -2.09. The molecule has 2 rings (SSSR count). The number of nitrogens with zero attached hydrogens (tertiary/aromatic N) is 1. The van der Waals surface area contributed by atoms with E-state index in [0.717, 1.165) is 0 Å². The van der Waals surface area contributed by atoms with E-state index in [-0.39, 0.29) is 5.69 Å². The van der Waals surface area contributed by atoms with Gasteiger partial charge in [0.05, 0.1) is 5.52 Å². The van der Waals surface area contributed by atoms with Crippen molar-refractivity contribution in [1.82, 2.24) is 15.5 Å². The smallest absolute Gasteiger partial charge is 0.272 e. The van der Waals surface area contributed by atoms with E-state index in [1.54, 1.807) is 18.2 Å². The molecular formula is C11H12F2N4O2. The van der Waals surface area contributed by atoms with E-state index >= 15 is 0 Å². The molecule has 5 N–H and O–H groups in total. The summed E-state index contributed by atoms with van der Waals surface area (Å²) in [7, 11) is 0. The monoisotopic (exact) mass is 270 g/mol. The number of hydrogen-bond acceptors (Lipinski definition) is 4. The highest BCUT2D eigenvalue weighted by Gasteiger charge is 2.20. The minimum absolute atomic E-state index is 0.0452. The molecule has 1 amide bonds. The number of anilines is 1. The molecule has 8 heteroatoms. The number of rotatable bonds is 4. The standard InChI is InChI=1S/C11H12F2N4O2/c12-10(13)8(18)4-15-11(19)9-6-3-5(14)1-2-7(6)16-17-9/h1-3,8,10,18H,4,14H2,(H,15,19)(H,16,17). The predicted molar refractivity (Wildman–Crippen MR) is 64.9 cm³/mol. The molecule has 0 fully saturated rings. The zero-order valence-corrected chi connectivity index (χ0v) is 9.73. The molecule has 0 bridgehead atoms. The summed E-state index contributed by atoms with van der Waals surface area (Å²) in [4.78, 5) is 11.8. The third-order valence-electron chi connectivity index (χ3n) is 2.56. The number of amides is 1. The molecule has 0 radical (unpaired) electrons. The van der Waals surface area contributed by atoms with Gasteiger partial charge in [-0.15, -0.1) is 0 Å². The number of aromatic amines is 1. The number of aliphatic hydroxyl groups excluding tert-OH is 1. The van der Waals surface area contributed by atoms with Crippen LogP contribution in [0.15, 0.2) is 18.2 Å². The van der Waals surface area contributed by atoms with Gasteiger partial charge in [-0.2, -0.15) is 5.10 Å². The molecule has 6 nitrogen and oxygen atoms in total. The molecule has 0 aliphatic carbocycles. The lowest BCUT2D eigenvalue weighted by molar-refractivity contribution is -0.00271. The first-order valence-corrected chi connectivity index (χ1v) is 5.47. The maximum absolute atomic E-state index is 12.1. The van der Waals surface area contributed by atoms with Gasteiger partial charge in [0.1, 0.15) is 6.10 Å². The van der Waals surface area contributed by atoms with Crippen LogP contribution in [-0.4, -0.2) is 40.3 Å². The summed E-state index contributed by atoms with van der Waals surface area (Å²) in [6.07, 6.45) is -4.81. The molecule has 0 saturated heterocycles. The van der Waals surface area contributed by atoms with Gasteiger partial charge in [-0.05, 0) is 18.2 Å². The van der Waals surface area contributed by atoms with Crippen molar-refractivity contribution in [2.75, 3.05) is 12.3 Å². The van der Waals surface area contributed by atoms with Crippen molar-refractivity contribution in [3.05, 3.63) is 23.9 Å². The van der Waals surface area contributed by atoms with Crippen molar-refractivity contribution in [2.24, 2.45) is 0 Å². The Morgan fingerprint density at radius 3 is 2.95 bits per heavy atom. The van der Waals surface area contributed by atoms with Crippen LogP contribution in [-0.2, 0) is 0 Å².